The highest BCUT2D eigenvalue weighted by Crippen LogP contribution is 2.09. The first kappa shape index (κ1) is 17.2. The zero-order chi connectivity index (χ0) is 16.7. The molecule has 0 aliphatic carbocycles. The fraction of sp³-hybridized carbons (Fsp3) is 0.286. The third-order valence-electron chi connectivity index (χ3n) is 2.51. The second-order valence-electron chi connectivity index (χ2n) is 4.11. The molecule has 1 rings (SSSR count). The van der Waals surface area contributed by atoms with Gasteiger partial charge in [0.15, 0.2) is 5.69 Å². The maximum absolute atomic E-state index is 11.4. The lowest BCUT2D eigenvalue weighted by molar-refractivity contribution is -0.139. The molecule has 1 aromatic rings. The minimum Gasteiger partial charge on any atom is -0.490 e. The molecule has 0 spiro atoms. The molecule has 0 atom stereocenters. The molecule has 0 aromatic carbocycles. The number of rotatable bonds is 5. The van der Waals surface area contributed by atoms with Crippen LogP contribution in [0.3, 0.4) is 0 Å². The lowest BCUT2D eigenvalue weighted by Gasteiger charge is -2.04. The predicted octanol–water partition coefficient (Wildman–Crippen LogP) is 0.663. The van der Waals surface area contributed by atoms with E-state index in [4.69, 9.17) is 4.74 Å². The Balaban J connectivity index is 3.18. The van der Waals surface area contributed by atoms with Gasteiger partial charge in [-0.1, -0.05) is 0 Å². The number of methoxy groups -OCH3 is 3. The van der Waals surface area contributed by atoms with E-state index in [0.717, 1.165) is 0 Å². The van der Waals surface area contributed by atoms with Crippen LogP contribution in [-0.4, -0.2) is 43.2 Å². The van der Waals surface area contributed by atoms with Gasteiger partial charge in [-0.05, 0) is 30.7 Å². The third-order valence-corrected chi connectivity index (χ3v) is 2.51. The van der Waals surface area contributed by atoms with Crippen molar-refractivity contribution in [3.05, 3.63) is 45.3 Å². The summed E-state index contributed by atoms with van der Waals surface area (Å²) in [6.07, 6.45) is 2.97. The number of esters is 2. The molecular weight excluding hydrogens is 292 g/mol. The number of aromatic amines is 1. The summed E-state index contributed by atoms with van der Waals surface area (Å²) in [5.41, 5.74) is 0.106. The molecule has 1 N–H and O–H groups in total. The Morgan fingerprint density at radius 2 is 1.86 bits per heavy atom. The SMILES string of the molecule is COC(=O)C(=CC(C)=Cc1cc(C(=O)OC)nc(=O)[nH]1)OC. The molecular formula is C14H16N2O6. The second-order valence-corrected chi connectivity index (χ2v) is 4.11. The van der Waals surface area contributed by atoms with Gasteiger partial charge in [-0.3, -0.25) is 0 Å². The van der Waals surface area contributed by atoms with E-state index < -0.39 is 17.6 Å². The van der Waals surface area contributed by atoms with Gasteiger partial charge in [0.2, 0.25) is 5.76 Å². The normalized spacial score (nSPS) is 11.8. The Labute approximate surface area is 126 Å². The van der Waals surface area contributed by atoms with Crippen molar-refractivity contribution in [2.45, 2.75) is 6.92 Å². The van der Waals surface area contributed by atoms with Gasteiger partial charge in [0.1, 0.15) is 0 Å². The zero-order valence-corrected chi connectivity index (χ0v) is 12.6. The van der Waals surface area contributed by atoms with E-state index in [1.54, 1.807) is 6.92 Å². The molecule has 22 heavy (non-hydrogen) atoms. The summed E-state index contributed by atoms with van der Waals surface area (Å²) in [5, 5.41) is 0. The minimum atomic E-state index is -0.721. The van der Waals surface area contributed by atoms with Crippen LogP contribution in [0, 0.1) is 0 Å². The van der Waals surface area contributed by atoms with Gasteiger partial charge in [-0.25, -0.2) is 14.4 Å². The monoisotopic (exact) mass is 308 g/mol. The van der Waals surface area contributed by atoms with Crippen molar-refractivity contribution >= 4 is 18.0 Å². The van der Waals surface area contributed by atoms with Gasteiger partial charge in [-0.15, -0.1) is 0 Å². The predicted molar refractivity (Wildman–Crippen MR) is 77.0 cm³/mol. The topological polar surface area (TPSA) is 108 Å². The van der Waals surface area contributed by atoms with Crippen LogP contribution in [0.5, 0.6) is 0 Å². The average molecular weight is 308 g/mol. The van der Waals surface area contributed by atoms with Crippen LogP contribution >= 0.6 is 0 Å². The Morgan fingerprint density at radius 1 is 1.18 bits per heavy atom. The largest absolute Gasteiger partial charge is 0.490 e. The number of carbonyl (C=O) groups is 2. The van der Waals surface area contributed by atoms with Crippen LogP contribution in [0.25, 0.3) is 6.08 Å². The number of hydrogen-bond donors (Lipinski definition) is 1. The number of H-pyrrole nitrogens is 1. The van der Waals surface area contributed by atoms with Crippen molar-refractivity contribution in [3.8, 4) is 0 Å². The van der Waals surface area contributed by atoms with Gasteiger partial charge < -0.3 is 19.2 Å². The van der Waals surface area contributed by atoms with Crippen molar-refractivity contribution in [1.29, 1.82) is 0 Å². The van der Waals surface area contributed by atoms with Crippen LogP contribution in [0.4, 0.5) is 0 Å². The number of allylic oxidation sites excluding steroid dienone is 2. The summed E-state index contributed by atoms with van der Waals surface area (Å²) in [5.74, 6) is -1.35. The van der Waals surface area contributed by atoms with Crippen molar-refractivity contribution in [3.63, 3.8) is 0 Å². The Morgan fingerprint density at radius 3 is 2.41 bits per heavy atom. The van der Waals surface area contributed by atoms with E-state index in [0.29, 0.717) is 11.3 Å². The van der Waals surface area contributed by atoms with E-state index in [-0.39, 0.29) is 11.5 Å². The number of carbonyl (C=O) groups excluding carboxylic acids is 2. The first-order valence-corrected chi connectivity index (χ1v) is 6.13. The lowest BCUT2D eigenvalue weighted by atomic mass is 10.2. The molecule has 8 heteroatoms. The van der Waals surface area contributed by atoms with Crippen molar-refractivity contribution in [1.82, 2.24) is 9.97 Å². The van der Waals surface area contributed by atoms with Crippen molar-refractivity contribution in [2.24, 2.45) is 0 Å². The molecule has 118 valence electrons. The highest BCUT2D eigenvalue weighted by atomic mass is 16.6. The smallest absolute Gasteiger partial charge is 0.373 e. The quantitative estimate of drug-likeness (QED) is 0.368. The molecule has 0 unspecified atom stereocenters. The number of nitrogens with one attached hydrogen (secondary N) is 1. The van der Waals surface area contributed by atoms with Gasteiger partial charge >= 0.3 is 17.6 Å². The maximum atomic E-state index is 11.4. The molecule has 0 saturated heterocycles. The summed E-state index contributed by atoms with van der Waals surface area (Å²) in [6, 6.07) is 1.36. The Hall–Kier alpha value is -2.90. The highest BCUT2D eigenvalue weighted by Gasteiger charge is 2.11. The summed E-state index contributed by atoms with van der Waals surface area (Å²) < 4.78 is 14.0. The van der Waals surface area contributed by atoms with E-state index in [1.807, 2.05) is 0 Å². The summed E-state index contributed by atoms with van der Waals surface area (Å²) in [7, 11) is 3.76. The van der Waals surface area contributed by atoms with Crippen LogP contribution in [0.1, 0.15) is 23.1 Å². The lowest BCUT2D eigenvalue weighted by Crippen LogP contribution is -2.17. The van der Waals surface area contributed by atoms with E-state index in [1.165, 1.54) is 39.5 Å². The molecule has 0 amide bonds. The molecule has 1 heterocycles. The first-order valence-electron chi connectivity index (χ1n) is 6.13. The Kier molecular flexibility index (Phi) is 6.06. The zero-order valence-electron chi connectivity index (χ0n) is 12.6. The van der Waals surface area contributed by atoms with Gasteiger partial charge in [-0.2, -0.15) is 4.98 Å². The van der Waals surface area contributed by atoms with Gasteiger partial charge in [0.05, 0.1) is 21.3 Å². The number of nitrogens with zero attached hydrogens (tertiary/aromatic N) is 1. The van der Waals surface area contributed by atoms with Gasteiger partial charge in [0.25, 0.3) is 0 Å². The molecule has 0 saturated carbocycles. The Bertz CT molecular complexity index is 687. The molecule has 0 bridgehead atoms. The molecule has 0 aliphatic rings. The fourth-order valence-electron chi connectivity index (χ4n) is 1.56. The summed E-state index contributed by atoms with van der Waals surface area (Å²) in [6.45, 7) is 1.68. The van der Waals surface area contributed by atoms with Crippen molar-refractivity contribution in [2.75, 3.05) is 21.3 Å². The number of hydrogen-bond acceptors (Lipinski definition) is 7. The molecule has 0 fully saturated rings. The second kappa shape index (κ2) is 7.77. The number of aromatic nitrogens is 2. The molecule has 0 radical (unpaired) electrons. The van der Waals surface area contributed by atoms with Crippen LogP contribution in [0.2, 0.25) is 0 Å². The molecule has 8 nitrogen and oxygen atoms in total. The fourth-order valence-corrected chi connectivity index (χ4v) is 1.56. The molecule has 1 aromatic heterocycles. The van der Waals surface area contributed by atoms with E-state index in [9.17, 15) is 14.4 Å². The standard InChI is InChI=1S/C14H16N2O6/c1-8(6-11(20-2)13(18)22-4)5-9-7-10(12(17)21-3)16-14(19)15-9/h5-7H,1-4H3,(H,15,16,19). The van der Waals surface area contributed by atoms with Crippen LogP contribution < -0.4 is 5.69 Å². The van der Waals surface area contributed by atoms with Crippen LogP contribution in [0.15, 0.2) is 28.3 Å². The van der Waals surface area contributed by atoms with E-state index in [2.05, 4.69) is 19.4 Å². The third kappa shape index (κ3) is 4.58. The first-order chi connectivity index (χ1) is 10.4. The average Bonchev–Trinajstić information content (AvgIpc) is 2.50. The highest BCUT2D eigenvalue weighted by molar-refractivity contribution is 5.88. The minimum absolute atomic E-state index is 0.000782. The van der Waals surface area contributed by atoms with E-state index >= 15 is 0 Å². The maximum Gasteiger partial charge on any atom is 0.373 e. The van der Waals surface area contributed by atoms with Crippen molar-refractivity contribution < 1.29 is 23.8 Å². The number of ether oxygens (including phenoxy) is 3. The van der Waals surface area contributed by atoms with Crippen LogP contribution in [-0.2, 0) is 19.0 Å². The van der Waals surface area contributed by atoms with Gasteiger partial charge in [0, 0.05) is 5.69 Å². The summed E-state index contributed by atoms with van der Waals surface area (Å²) >= 11 is 0. The summed E-state index contributed by atoms with van der Waals surface area (Å²) in [4.78, 5) is 40.2. The molecule has 0 aliphatic heterocycles.